The fourth-order valence-electron chi connectivity index (χ4n) is 4.66. The molecule has 0 radical (unpaired) electrons. The van der Waals surface area contributed by atoms with Gasteiger partial charge in [-0.15, -0.1) is 0 Å². The minimum Gasteiger partial charge on any atom is -0.399 e. The first-order chi connectivity index (χ1) is 20.3. The molecule has 4 N–H and O–H groups in total. The Labute approximate surface area is 242 Å². The summed E-state index contributed by atoms with van der Waals surface area (Å²) in [4.78, 5) is 22.1. The van der Waals surface area contributed by atoms with Crippen LogP contribution in [0.1, 0.15) is 15.9 Å². The lowest BCUT2D eigenvalue weighted by Crippen LogP contribution is -2.12. The summed E-state index contributed by atoms with van der Waals surface area (Å²) in [5.41, 5.74) is 10.6. The Morgan fingerprint density at radius 2 is 1.57 bits per heavy atom. The van der Waals surface area contributed by atoms with Crippen LogP contribution in [0.25, 0.3) is 22.2 Å². The van der Waals surface area contributed by atoms with Gasteiger partial charge < -0.3 is 16.4 Å². The zero-order valence-electron chi connectivity index (χ0n) is 22.5. The number of anilines is 4. The third-order valence-corrected chi connectivity index (χ3v) is 8.44. The summed E-state index contributed by atoms with van der Waals surface area (Å²) in [6, 6.07) is 29.5. The molecule has 0 spiro atoms. The van der Waals surface area contributed by atoms with E-state index in [2.05, 4.69) is 15.6 Å². The summed E-state index contributed by atoms with van der Waals surface area (Å²) in [5.74, 6) is 0.0585. The van der Waals surface area contributed by atoms with Gasteiger partial charge in [-0.05, 0) is 73.2 Å². The quantitative estimate of drug-likeness (QED) is 0.193. The zero-order valence-corrected chi connectivity index (χ0v) is 23.3. The van der Waals surface area contributed by atoms with Crippen molar-refractivity contribution in [2.45, 2.75) is 11.8 Å². The Balaban J connectivity index is 1.32. The van der Waals surface area contributed by atoms with Crippen LogP contribution in [0.3, 0.4) is 0 Å². The number of hydrogen-bond acceptors (Lipinski definition) is 7. The fraction of sp³-hybridized carbons (Fsp3) is 0.0312. The Hall–Kier alpha value is -5.48. The Bertz CT molecular complexity index is 2040. The Kier molecular flexibility index (Phi) is 6.89. The van der Waals surface area contributed by atoms with Crippen LogP contribution in [-0.4, -0.2) is 28.3 Å². The largest absolute Gasteiger partial charge is 0.399 e. The molecular formula is C32H26N6O3S. The summed E-state index contributed by atoms with van der Waals surface area (Å²) < 4.78 is 28.5. The third-order valence-electron chi connectivity index (χ3n) is 6.75. The lowest BCUT2D eigenvalue weighted by Gasteiger charge is -2.11. The highest BCUT2D eigenvalue weighted by molar-refractivity contribution is 7.90. The van der Waals surface area contributed by atoms with E-state index < -0.39 is 10.0 Å². The van der Waals surface area contributed by atoms with Crippen LogP contribution in [0, 0.1) is 6.92 Å². The van der Waals surface area contributed by atoms with Gasteiger partial charge in [0.05, 0.1) is 16.1 Å². The van der Waals surface area contributed by atoms with Crippen molar-refractivity contribution in [3.63, 3.8) is 0 Å². The van der Waals surface area contributed by atoms with Crippen LogP contribution < -0.4 is 16.4 Å². The molecule has 0 aliphatic rings. The minimum absolute atomic E-state index is 0.197. The molecule has 0 bridgehead atoms. The number of benzene rings is 4. The van der Waals surface area contributed by atoms with Gasteiger partial charge in [0.25, 0.3) is 15.9 Å². The predicted molar refractivity (Wildman–Crippen MR) is 165 cm³/mol. The topological polar surface area (TPSA) is 132 Å². The van der Waals surface area contributed by atoms with Gasteiger partial charge in [-0.1, -0.05) is 42.5 Å². The van der Waals surface area contributed by atoms with Crippen LogP contribution in [0.2, 0.25) is 0 Å². The van der Waals surface area contributed by atoms with Crippen molar-refractivity contribution in [2.75, 3.05) is 16.4 Å². The number of nitrogens with two attached hydrogens (primary N) is 1. The highest BCUT2D eigenvalue weighted by Gasteiger charge is 2.23. The molecular weight excluding hydrogens is 548 g/mol. The number of carbonyl (C=O) groups is 1. The summed E-state index contributed by atoms with van der Waals surface area (Å²) in [6.07, 6.45) is 3.30. The van der Waals surface area contributed by atoms with E-state index in [9.17, 15) is 13.2 Å². The molecule has 6 aromatic rings. The van der Waals surface area contributed by atoms with Gasteiger partial charge in [0.2, 0.25) is 5.95 Å². The molecule has 0 aliphatic heterocycles. The van der Waals surface area contributed by atoms with Crippen LogP contribution >= 0.6 is 0 Å². The summed E-state index contributed by atoms with van der Waals surface area (Å²) in [6.45, 7) is 1.88. The molecule has 0 aliphatic carbocycles. The van der Waals surface area contributed by atoms with Crippen molar-refractivity contribution >= 4 is 49.8 Å². The van der Waals surface area contributed by atoms with Crippen LogP contribution in [-0.2, 0) is 10.0 Å². The average Bonchev–Trinajstić information content (AvgIpc) is 3.39. The van der Waals surface area contributed by atoms with E-state index >= 15 is 0 Å². The number of rotatable bonds is 7. The number of hydrogen-bond donors (Lipinski definition) is 3. The van der Waals surface area contributed by atoms with Crippen molar-refractivity contribution in [2.24, 2.45) is 0 Å². The molecule has 2 aromatic heterocycles. The number of aryl methyl sites for hydroxylation is 1. The smallest absolute Gasteiger partial charge is 0.268 e. The van der Waals surface area contributed by atoms with Crippen molar-refractivity contribution in [1.82, 2.24) is 13.9 Å². The maximum Gasteiger partial charge on any atom is 0.268 e. The molecule has 208 valence electrons. The van der Waals surface area contributed by atoms with E-state index in [-0.39, 0.29) is 10.8 Å². The van der Waals surface area contributed by atoms with Gasteiger partial charge in [0.1, 0.15) is 0 Å². The van der Waals surface area contributed by atoms with Gasteiger partial charge in [0, 0.05) is 46.0 Å². The molecule has 42 heavy (non-hydrogen) atoms. The normalized spacial score (nSPS) is 11.4. The van der Waals surface area contributed by atoms with Gasteiger partial charge >= 0.3 is 0 Å². The monoisotopic (exact) mass is 574 g/mol. The number of nitrogen functional groups attached to an aromatic ring is 1. The summed E-state index contributed by atoms with van der Waals surface area (Å²) in [5, 5.41) is 6.83. The molecule has 0 unspecified atom stereocenters. The number of fused-ring (bicyclic) bond motifs is 1. The van der Waals surface area contributed by atoms with Gasteiger partial charge in [-0.3, -0.25) is 4.79 Å². The zero-order chi connectivity index (χ0) is 29.3. The van der Waals surface area contributed by atoms with E-state index in [1.165, 1.54) is 3.97 Å². The highest BCUT2D eigenvalue weighted by Crippen LogP contribution is 2.34. The Morgan fingerprint density at radius 3 is 2.36 bits per heavy atom. The number of aromatic nitrogens is 3. The maximum absolute atomic E-state index is 13.6. The van der Waals surface area contributed by atoms with E-state index in [4.69, 9.17) is 10.7 Å². The lowest BCUT2D eigenvalue weighted by molar-refractivity contribution is 0.102. The molecule has 1 amide bonds. The SMILES string of the molecule is Cc1cnc(Nc2cccc(NC(=O)c3ccc(N)cc3)c2)nc1-c1cn(S(=O)(=O)c2ccccc2)c2ccccc12. The maximum atomic E-state index is 13.6. The van der Waals surface area contributed by atoms with Crippen LogP contribution in [0.15, 0.2) is 120 Å². The van der Waals surface area contributed by atoms with E-state index in [0.29, 0.717) is 45.3 Å². The average molecular weight is 575 g/mol. The first kappa shape index (κ1) is 26.7. The van der Waals surface area contributed by atoms with E-state index in [1.807, 2.05) is 31.2 Å². The first-order valence-corrected chi connectivity index (χ1v) is 14.5. The van der Waals surface area contributed by atoms with Crippen molar-refractivity contribution in [1.29, 1.82) is 0 Å². The van der Waals surface area contributed by atoms with Crippen molar-refractivity contribution in [3.05, 3.63) is 127 Å². The van der Waals surface area contributed by atoms with E-state index in [1.54, 1.807) is 91.3 Å². The summed E-state index contributed by atoms with van der Waals surface area (Å²) >= 11 is 0. The molecule has 10 heteroatoms. The molecule has 4 aromatic carbocycles. The predicted octanol–water partition coefficient (Wildman–Crippen LogP) is 6.22. The lowest BCUT2D eigenvalue weighted by atomic mass is 10.1. The molecule has 0 saturated carbocycles. The first-order valence-electron chi connectivity index (χ1n) is 13.1. The number of amides is 1. The summed E-state index contributed by atoms with van der Waals surface area (Å²) in [7, 11) is -3.84. The second-order valence-electron chi connectivity index (χ2n) is 9.68. The minimum atomic E-state index is -3.84. The van der Waals surface area contributed by atoms with Crippen LogP contribution in [0.5, 0.6) is 0 Å². The number of nitrogens with zero attached hydrogens (tertiary/aromatic N) is 3. The number of para-hydroxylation sites is 1. The third kappa shape index (κ3) is 5.18. The standard InChI is InChI=1S/C32H26N6O3S/c1-21-19-34-32(36-25-9-7-8-24(18-25)35-31(39)22-14-16-23(33)17-15-22)37-30(21)28-20-38(29-13-6-5-12-27(28)29)42(40,41)26-10-3-2-4-11-26/h2-20H,33H2,1H3,(H,35,39)(H,34,36,37). The van der Waals surface area contributed by atoms with Gasteiger partial charge in [-0.25, -0.2) is 22.4 Å². The second-order valence-corrected chi connectivity index (χ2v) is 11.5. The highest BCUT2D eigenvalue weighted by atomic mass is 32.2. The van der Waals surface area contributed by atoms with E-state index in [0.717, 1.165) is 10.9 Å². The molecule has 2 heterocycles. The fourth-order valence-corrected chi connectivity index (χ4v) is 6.05. The van der Waals surface area contributed by atoms with Gasteiger partial charge in [0.15, 0.2) is 0 Å². The number of carbonyl (C=O) groups excluding carboxylic acids is 1. The van der Waals surface area contributed by atoms with Crippen LogP contribution in [0.4, 0.5) is 23.0 Å². The number of nitrogens with one attached hydrogen (secondary N) is 2. The van der Waals surface area contributed by atoms with Crippen molar-refractivity contribution in [3.8, 4) is 11.3 Å². The molecule has 9 nitrogen and oxygen atoms in total. The molecule has 0 fully saturated rings. The second kappa shape index (κ2) is 10.8. The Morgan fingerprint density at radius 1 is 0.857 bits per heavy atom. The molecule has 0 atom stereocenters. The van der Waals surface area contributed by atoms with Gasteiger partial charge in [-0.2, -0.15) is 0 Å². The molecule has 6 rings (SSSR count). The van der Waals surface area contributed by atoms with Crippen molar-refractivity contribution < 1.29 is 13.2 Å². The molecule has 0 saturated heterocycles.